The first-order valence-electron chi connectivity index (χ1n) is 13.2. The van der Waals surface area contributed by atoms with Gasteiger partial charge in [0.1, 0.15) is 16.7 Å². The molecule has 41 heavy (non-hydrogen) atoms. The van der Waals surface area contributed by atoms with E-state index in [0.717, 1.165) is 33.4 Å². The average molecular weight is 565 g/mol. The van der Waals surface area contributed by atoms with Crippen molar-refractivity contribution in [3.63, 3.8) is 0 Å². The number of carbonyl (C=O) groups excluding carboxylic acids is 2. The summed E-state index contributed by atoms with van der Waals surface area (Å²) in [6.45, 7) is 0. The summed E-state index contributed by atoms with van der Waals surface area (Å²) >= 11 is 1.28. The first-order valence-corrected chi connectivity index (χ1v) is 14.1. The number of methoxy groups -OCH3 is 2. The molecule has 2 unspecified atom stereocenters. The van der Waals surface area contributed by atoms with Crippen LogP contribution in [-0.4, -0.2) is 47.2 Å². The number of nitrogens with one attached hydrogen (secondary N) is 1. The number of fused-ring (bicyclic) bond motifs is 1. The minimum Gasteiger partial charge on any atom is -0.497 e. The minimum absolute atomic E-state index is 0.00478. The van der Waals surface area contributed by atoms with Gasteiger partial charge in [-0.15, -0.1) is 0 Å². The van der Waals surface area contributed by atoms with E-state index in [1.807, 2.05) is 41.4 Å². The number of hydrogen-bond acceptors (Lipinski definition) is 7. The fraction of sp³-hybridized carbons (Fsp3) is 0.188. The Morgan fingerprint density at radius 2 is 1.61 bits per heavy atom. The Labute approximate surface area is 242 Å². The number of hydrogen-bond donors (Lipinski definition) is 1. The second-order valence-electron chi connectivity index (χ2n) is 9.77. The Hall–Kier alpha value is -4.63. The Balaban J connectivity index is 1.23. The van der Waals surface area contributed by atoms with Gasteiger partial charge in [0, 0.05) is 18.5 Å². The highest BCUT2D eigenvalue weighted by molar-refractivity contribution is 8.15. The van der Waals surface area contributed by atoms with Gasteiger partial charge in [0.05, 0.1) is 26.0 Å². The quantitative estimate of drug-likeness (QED) is 0.295. The summed E-state index contributed by atoms with van der Waals surface area (Å²) in [4.78, 5) is 30.1. The maximum absolute atomic E-state index is 12.9. The zero-order valence-electron chi connectivity index (χ0n) is 22.6. The van der Waals surface area contributed by atoms with Gasteiger partial charge in [0.25, 0.3) is 5.91 Å². The van der Waals surface area contributed by atoms with Crippen LogP contribution in [0.15, 0.2) is 101 Å². The molecule has 0 radical (unpaired) electrons. The molecule has 0 saturated heterocycles. The largest absolute Gasteiger partial charge is 0.497 e. The van der Waals surface area contributed by atoms with E-state index >= 15 is 0 Å². The van der Waals surface area contributed by atoms with Crippen LogP contribution in [0.4, 0.5) is 5.69 Å². The maximum atomic E-state index is 12.9. The average Bonchev–Trinajstić information content (AvgIpc) is 3.61. The summed E-state index contributed by atoms with van der Waals surface area (Å²) in [5.41, 5.74) is 3.60. The van der Waals surface area contributed by atoms with Gasteiger partial charge in [0.2, 0.25) is 5.91 Å². The standard InChI is InChI=1S/C32H28N4O4S/c1-39-25-13-9-21(10-14-25)28-18-27(23-8-7-20-5-3-4-6-22(20)17-23)35-36(28)32-34-31(38)29(41-32)19-30(37)33-24-11-15-26(40-2)16-12-24/h3-17,28-29H,18-19H2,1-2H3,(H,33,37). The highest BCUT2D eigenvalue weighted by Gasteiger charge is 2.39. The van der Waals surface area contributed by atoms with Crippen molar-refractivity contribution in [2.75, 3.05) is 19.5 Å². The van der Waals surface area contributed by atoms with Crippen molar-refractivity contribution in [3.8, 4) is 11.5 Å². The predicted molar refractivity (Wildman–Crippen MR) is 163 cm³/mol. The monoisotopic (exact) mass is 564 g/mol. The molecule has 2 aliphatic heterocycles. The van der Waals surface area contributed by atoms with Gasteiger partial charge in [-0.05, 0) is 64.4 Å². The second-order valence-corrected chi connectivity index (χ2v) is 10.9. The third kappa shape index (κ3) is 5.67. The number of rotatable bonds is 7. The number of hydrazone groups is 1. The lowest BCUT2D eigenvalue weighted by Gasteiger charge is -2.23. The zero-order valence-corrected chi connectivity index (χ0v) is 23.4. The molecule has 2 heterocycles. The van der Waals surface area contributed by atoms with E-state index in [9.17, 15) is 9.59 Å². The number of ether oxygens (including phenoxy) is 2. The van der Waals surface area contributed by atoms with Crippen molar-refractivity contribution >= 4 is 50.9 Å². The molecule has 0 aliphatic carbocycles. The van der Waals surface area contributed by atoms with E-state index in [1.54, 1.807) is 38.5 Å². The molecule has 0 spiro atoms. The fourth-order valence-corrected chi connectivity index (χ4v) is 6.04. The highest BCUT2D eigenvalue weighted by Crippen LogP contribution is 2.39. The highest BCUT2D eigenvalue weighted by atomic mass is 32.2. The van der Waals surface area contributed by atoms with Gasteiger partial charge >= 0.3 is 0 Å². The van der Waals surface area contributed by atoms with Crippen LogP contribution >= 0.6 is 11.8 Å². The SMILES string of the molecule is COc1ccc(NC(=O)CC2SC(N3N=C(c4ccc5ccccc5c4)CC3c3ccc(OC)cc3)=NC2=O)cc1. The van der Waals surface area contributed by atoms with Gasteiger partial charge in [-0.25, -0.2) is 5.01 Å². The summed E-state index contributed by atoms with van der Waals surface area (Å²) in [5, 5.41) is 11.8. The Bertz CT molecular complexity index is 1670. The summed E-state index contributed by atoms with van der Waals surface area (Å²) in [6.07, 6.45) is 0.645. The van der Waals surface area contributed by atoms with Crippen molar-refractivity contribution in [2.45, 2.75) is 24.1 Å². The molecular weight excluding hydrogens is 536 g/mol. The van der Waals surface area contributed by atoms with Crippen LogP contribution in [0.5, 0.6) is 11.5 Å². The molecule has 0 bridgehead atoms. The molecule has 9 heteroatoms. The molecule has 8 nitrogen and oxygen atoms in total. The van der Waals surface area contributed by atoms with Crippen LogP contribution in [0.1, 0.15) is 30.0 Å². The molecule has 2 atom stereocenters. The van der Waals surface area contributed by atoms with Gasteiger partial charge in [0.15, 0.2) is 5.17 Å². The number of amidine groups is 1. The lowest BCUT2D eigenvalue weighted by Crippen LogP contribution is -2.25. The number of aliphatic imine (C=N–C) groups is 1. The molecule has 2 amide bonds. The third-order valence-corrected chi connectivity index (χ3v) is 8.31. The van der Waals surface area contributed by atoms with Crippen LogP contribution in [0.2, 0.25) is 0 Å². The zero-order chi connectivity index (χ0) is 28.3. The Morgan fingerprint density at radius 3 is 2.32 bits per heavy atom. The van der Waals surface area contributed by atoms with Gasteiger partial charge in [-0.3, -0.25) is 9.59 Å². The molecule has 0 fully saturated rings. The van der Waals surface area contributed by atoms with E-state index in [-0.39, 0.29) is 24.3 Å². The van der Waals surface area contributed by atoms with E-state index in [2.05, 4.69) is 40.6 Å². The van der Waals surface area contributed by atoms with E-state index in [4.69, 9.17) is 14.6 Å². The molecule has 4 aromatic rings. The lowest BCUT2D eigenvalue weighted by molar-refractivity contribution is -0.121. The molecule has 0 saturated carbocycles. The van der Waals surface area contributed by atoms with Crippen molar-refractivity contribution < 1.29 is 19.1 Å². The number of carbonyl (C=O) groups is 2. The van der Waals surface area contributed by atoms with Crippen molar-refractivity contribution in [2.24, 2.45) is 10.1 Å². The molecule has 1 N–H and O–H groups in total. The molecular formula is C32H28N4O4S. The Morgan fingerprint density at radius 1 is 0.927 bits per heavy atom. The van der Waals surface area contributed by atoms with E-state index < -0.39 is 5.25 Å². The van der Waals surface area contributed by atoms with Gasteiger partial charge in [-0.1, -0.05) is 60.3 Å². The van der Waals surface area contributed by atoms with Crippen LogP contribution in [-0.2, 0) is 9.59 Å². The number of anilines is 1. The topological polar surface area (TPSA) is 92.6 Å². The lowest BCUT2D eigenvalue weighted by atomic mass is 9.97. The number of benzene rings is 4. The molecule has 6 rings (SSSR count). The van der Waals surface area contributed by atoms with Crippen molar-refractivity contribution in [1.29, 1.82) is 0 Å². The van der Waals surface area contributed by atoms with Crippen LogP contribution in [0, 0.1) is 0 Å². The van der Waals surface area contributed by atoms with Crippen LogP contribution < -0.4 is 14.8 Å². The number of nitrogens with zero attached hydrogens (tertiary/aromatic N) is 3. The van der Waals surface area contributed by atoms with Crippen LogP contribution in [0.3, 0.4) is 0 Å². The fourth-order valence-electron chi connectivity index (χ4n) is 4.98. The number of amides is 2. The minimum atomic E-state index is -0.625. The second kappa shape index (κ2) is 11.5. The molecule has 2 aliphatic rings. The van der Waals surface area contributed by atoms with Gasteiger partial charge in [-0.2, -0.15) is 10.1 Å². The van der Waals surface area contributed by atoms with Crippen molar-refractivity contribution in [3.05, 3.63) is 102 Å². The smallest absolute Gasteiger partial charge is 0.262 e. The molecule has 4 aromatic carbocycles. The Kier molecular flexibility index (Phi) is 7.43. The summed E-state index contributed by atoms with van der Waals surface area (Å²) < 4.78 is 10.5. The summed E-state index contributed by atoms with van der Waals surface area (Å²) in [5.74, 6) is 0.867. The first-order chi connectivity index (χ1) is 20.0. The van der Waals surface area contributed by atoms with Crippen LogP contribution in [0.25, 0.3) is 10.8 Å². The maximum Gasteiger partial charge on any atom is 0.262 e. The molecule has 0 aromatic heterocycles. The summed E-state index contributed by atoms with van der Waals surface area (Å²) in [6, 6.07) is 29.3. The first kappa shape index (κ1) is 26.6. The molecule has 206 valence electrons. The third-order valence-electron chi connectivity index (χ3n) is 7.16. The predicted octanol–water partition coefficient (Wildman–Crippen LogP) is 6.03. The normalized spacial score (nSPS) is 18.3. The van der Waals surface area contributed by atoms with E-state index in [1.165, 1.54) is 11.8 Å². The summed E-state index contributed by atoms with van der Waals surface area (Å²) in [7, 11) is 3.22. The van der Waals surface area contributed by atoms with E-state index in [0.29, 0.717) is 23.0 Å². The van der Waals surface area contributed by atoms with Crippen molar-refractivity contribution in [1.82, 2.24) is 5.01 Å². The number of thioether (sulfide) groups is 1. The van der Waals surface area contributed by atoms with Gasteiger partial charge < -0.3 is 14.8 Å².